The molecule has 312 valence electrons. The highest BCUT2D eigenvalue weighted by Gasteiger charge is 2.81. The number of carbonyl (C=O) groups excluding carboxylic acids is 7. The van der Waals surface area contributed by atoms with Crippen LogP contribution in [0.3, 0.4) is 0 Å². The van der Waals surface area contributed by atoms with E-state index in [1.807, 2.05) is 0 Å². The lowest BCUT2D eigenvalue weighted by molar-refractivity contribution is -0.252. The van der Waals surface area contributed by atoms with Crippen LogP contribution in [-0.4, -0.2) is 101 Å². The number of esters is 2. The lowest BCUT2D eigenvalue weighted by atomic mass is 9.45. The fourth-order valence-electron chi connectivity index (χ4n) is 9.16. The molecule has 0 amide bonds. The molecule has 0 radical (unpaired) electrons. The summed E-state index contributed by atoms with van der Waals surface area (Å²) in [7, 11) is 0. The highest BCUT2D eigenvalue weighted by molar-refractivity contribution is 5.95. The first-order valence-electron chi connectivity index (χ1n) is 18.6. The predicted octanol–water partition coefficient (Wildman–Crippen LogP) is 6.19. The summed E-state index contributed by atoms with van der Waals surface area (Å²) in [6, 6.07) is 0. The van der Waals surface area contributed by atoms with Gasteiger partial charge >= 0.3 is 36.6 Å². The van der Waals surface area contributed by atoms with Crippen molar-refractivity contribution in [3.8, 4) is 0 Å². The van der Waals surface area contributed by atoms with Crippen LogP contribution in [0.4, 0.5) is 19.2 Å². The Bertz CT molecular complexity index is 1740. The van der Waals surface area contributed by atoms with Crippen LogP contribution in [0.5, 0.6) is 0 Å². The van der Waals surface area contributed by atoms with Gasteiger partial charge in [0.25, 0.3) is 0 Å². The van der Waals surface area contributed by atoms with Gasteiger partial charge in [-0.2, -0.15) is 0 Å². The zero-order valence-electron chi connectivity index (χ0n) is 34.5. The molecule has 1 spiro atoms. The van der Waals surface area contributed by atoms with E-state index in [0.29, 0.717) is 0 Å². The third kappa shape index (κ3) is 7.37. The van der Waals surface area contributed by atoms with Gasteiger partial charge in [-0.05, 0) is 87.3 Å². The highest BCUT2D eigenvalue weighted by Crippen LogP contribution is 2.67. The Kier molecular flexibility index (Phi) is 10.3. The van der Waals surface area contributed by atoms with Crippen LogP contribution < -0.4 is 0 Å². The van der Waals surface area contributed by atoms with Crippen LogP contribution in [0.2, 0.25) is 0 Å². The summed E-state index contributed by atoms with van der Waals surface area (Å²) in [5, 5.41) is 0. The molecule has 2 aliphatic heterocycles. The van der Waals surface area contributed by atoms with E-state index < -0.39 is 130 Å². The Morgan fingerprint density at radius 2 is 1.27 bits per heavy atom. The van der Waals surface area contributed by atoms with Gasteiger partial charge in [0.1, 0.15) is 35.1 Å². The molecule has 2 heterocycles. The molecule has 2 bridgehead atoms. The van der Waals surface area contributed by atoms with Gasteiger partial charge in [0.05, 0.1) is 17.8 Å². The maximum atomic E-state index is 15.9. The lowest BCUT2D eigenvalue weighted by Crippen LogP contribution is -2.76. The van der Waals surface area contributed by atoms with Crippen LogP contribution in [0.1, 0.15) is 116 Å². The van der Waals surface area contributed by atoms with E-state index in [4.69, 9.17) is 47.4 Å². The normalized spacial score (nSPS) is 34.8. The number of carbonyl (C=O) groups is 7. The van der Waals surface area contributed by atoms with Gasteiger partial charge in [0.15, 0.2) is 29.2 Å². The highest BCUT2D eigenvalue weighted by atomic mass is 16.8. The molecule has 5 rings (SSSR count). The summed E-state index contributed by atoms with van der Waals surface area (Å²) >= 11 is 0. The summed E-state index contributed by atoms with van der Waals surface area (Å²) in [5.74, 6) is -4.22. The molecule has 0 aromatic heterocycles. The largest absolute Gasteiger partial charge is 0.509 e. The van der Waals surface area contributed by atoms with Crippen molar-refractivity contribution in [2.24, 2.45) is 16.7 Å². The van der Waals surface area contributed by atoms with Gasteiger partial charge in [-0.3, -0.25) is 14.4 Å². The summed E-state index contributed by atoms with van der Waals surface area (Å²) in [6.07, 6.45) is -13.8. The molecule has 0 unspecified atom stereocenters. The maximum Gasteiger partial charge on any atom is 0.509 e. The quantitative estimate of drug-likeness (QED) is 0.176. The van der Waals surface area contributed by atoms with Crippen molar-refractivity contribution >= 4 is 42.3 Å². The van der Waals surface area contributed by atoms with Crippen molar-refractivity contribution in [1.82, 2.24) is 0 Å². The van der Waals surface area contributed by atoms with E-state index in [2.05, 4.69) is 0 Å². The molecule has 56 heavy (non-hydrogen) atoms. The molecule has 17 nitrogen and oxygen atoms in total. The molecule has 2 saturated heterocycles. The minimum Gasteiger partial charge on any atom is -0.458 e. The molecule has 3 aliphatic carbocycles. The summed E-state index contributed by atoms with van der Waals surface area (Å²) in [5.41, 5.74) is -10.4. The van der Waals surface area contributed by atoms with Crippen LogP contribution in [0.15, 0.2) is 11.1 Å². The van der Waals surface area contributed by atoms with Gasteiger partial charge in [-0.25, -0.2) is 19.2 Å². The van der Waals surface area contributed by atoms with E-state index >= 15 is 4.79 Å². The van der Waals surface area contributed by atoms with Crippen molar-refractivity contribution in [3.05, 3.63) is 11.1 Å². The molecule has 0 N–H and O–H groups in total. The van der Waals surface area contributed by atoms with Crippen LogP contribution in [0, 0.1) is 16.7 Å². The second kappa shape index (κ2) is 13.5. The molecule has 0 aromatic carbocycles. The summed E-state index contributed by atoms with van der Waals surface area (Å²) < 4.78 is 58.4. The van der Waals surface area contributed by atoms with Gasteiger partial charge in [-0.1, -0.05) is 13.8 Å². The van der Waals surface area contributed by atoms with E-state index in [0.717, 1.165) is 6.92 Å². The van der Waals surface area contributed by atoms with E-state index in [1.54, 1.807) is 83.1 Å². The molecular formula is C39H54O17. The zero-order valence-corrected chi connectivity index (χ0v) is 34.5. The minimum absolute atomic E-state index is 0.0644. The smallest absolute Gasteiger partial charge is 0.458 e. The monoisotopic (exact) mass is 794 g/mol. The molecule has 2 saturated carbocycles. The van der Waals surface area contributed by atoms with E-state index in [9.17, 15) is 28.8 Å². The fraction of sp³-hybridized carbons (Fsp3) is 0.769. The Balaban J connectivity index is 1.86. The Morgan fingerprint density at radius 3 is 1.79 bits per heavy atom. The third-order valence-electron chi connectivity index (χ3n) is 11.1. The average molecular weight is 795 g/mol. The number of ether oxygens (including phenoxy) is 10. The average Bonchev–Trinajstić information content (AvgIpc) is 3.46. The first-order valence-corrected chi connectivity index (χ1v) is 18.6. The lowest BCUT2D eigenvalue weighted by Gasteiger charge is -2.62. The van der Waals surface area contributed by atoms with Crippen molar-refractivity contribution in [3.63, 3.8) is 0 Å². The second-order valence-corrected chi connectivity index (χ2v) is 18.9. The molecule has 17 heteroatoms. The molecule has 9 atom stereocenters. The van der Waals surface area contributed by atoms with E-state index in [-0.39, 0.29) is 17.6 Å². The minimum atomic E-state index is -2.14. The number of hydrogen-bond acceptors (Lipinski definition) is 17. The summed E-state index contributed by atoms with van der Waals surface area (Å²) in [4.78, 5) is 96.4. The Labute approximate surface area is 325 Å². The van der Waals surface area contributed by atoms with Crippen molar-refractivity contribution in [1.29, 1.82) is 0 Å². The van der Waals surface area contributed by atoms with Crippen LogP contribution >= 0.6 is 0 Å². The van der Waals surface area contributed by atoms with Gasteiger partial charge in [-0.15, -0.1) is 0 Å². The van der Waals surface area contributed by atoms with Gasteiger partial charge in [0.2, 0.25) is 0 Å². The predicted molar refractivity (Wildman–Crippen MR) is 189 cm³/mol. The number of ketones is 1. The zero-order chi connectivity index (χ0) is 42.4. The van der Waals surface area contributed by atoms with Crippen molar-refractivity contribution < 1.29 is 80.9 Å². The molecule has 0 aromatic rings. The van der Waals surface area contributed by atoms with Crippen LogP contribution in [-0.2, 0) is 61.8 Å². The second-order valence-electron chi connectivity index (χ2n) is 18.9. The summed E-state index contributed by atoms with van der Waals surface area (Å²) in [6.45, 7) is 21.8. The first-order chi connectivity index (χ1) is 25.4. The van der Waals surface area contributed by atoms with Crippen LogP contribution in [0.25, 0.3) is 0 Å². The van der Waals surface area contributed by atoms with Crippen molar-refractivity contribution in [2.75, 3.05) is 0 Å². The van der Waals surface area contributed by atoms with Gasteiger partial charge < -0.3 is 47.4 Å². The molecule has 5 aliphatic rings. The van der Waals surface area contributed by atoms with Gasteiger partial charge in [0, 0.05) is 25.2 Å². The maximum absolute atomic E-state index is 15.9. The third-order valence-corrected chi connectivity index (χ3v) is 11.1. The molecule has 4 fully saturated rings. The first kappa shape index (κ1) is 42.6. The SMILES string of the molecule is CC(=O)O[C@@]12CC(=O)O[C@@H]1C[C@H](OC(=O)OC(C)(C)C)[C@@]1(C)C(=O)[C@H](OC(=O)OC(C)(C)C)C3=C(C)[C@@H](OC(=O)OC(C)(C)C)C[C@]4(OC(=O)O[C@H]4[C@H]21)C3(C)C. The van der Waals surface area contributed by atoms with Crippen molar-refractivity contribution in [2.45, 2.75) is 175 Å². The van der Waals surface area contributed by atoms with E-state index in [1.165, 1.54) is 6.92 Å². The topological polar surface area (TPSA) is 212 Å². The standard InChI is InChI=1S/C39H54O17/c1-18-20(47-29(43)53-33(3,4)5)16-39-28(51-32(46)56-39)26-37(14,27(42)25(24(18)36(39,12)13)50-31(45)55-35(9,10)11)21(49-30(44)54-34(6,7)8)15-22-38(26,52-19(2)40)17-23(41)48-22/h20-22,25-26,28H,15-17H2,1-14H3/t20-,21-,22+,25+,26-,28-,37+,38-,39+/m0/s1. The number of fused-ring (bicyclic) bond motifs is 5. The number of rotatable bonds is 4. The Morgan fingerprint density at radius 1 is 0.750 bits per heavy atom. The number of hydrogen-bond donors (Lipinski definition) is 0. The molecular weight excluding hydrogens is 740 g/mol. The Hall–Kier alpha value is -4.57. The fourth-order valence-corrected chi connectivity index (χ4v) is 9.16. The number of Topliss-reactive ketones (excluding diaryl/α,β-unsaturated/α-hetero) is 1.